The fourth-order valence-corrected chi connectivity index (χ4v) is 2.93. The van der Waals surface area contributed by atoms with Crippen LogP contribution in [0.15, 0.2) is 24.3 Å². The first-order chi connectivity index (χ1) is 9.91. The van der Waals surface area contributed by atoms with Crippen molar-refractivity contribution in [3.05, 3.63) is 24.3 Å². The van der Waals surface area contributed by atoms with Crippen molar-refractivity contribution in [1.29, 1.82) is 0 Å². The molecule has 1 aliphatic rings. The molecule has 1 aliphatic heterocycles. The van der Waals surface area contributed by atoms with Gasteiger partial charge in [0.05, 0.1) is 11.4 Å². The predicted molar refractivity (Wildman–Crippen MR) is 84.0 cm³/mol. The van der Waals surface area contributed by atoms with E-state index in [1.807, 2.05) is 23.1 Å². The quantitative estimate of drug-likeness (QED) is 0.904. The normalized spacial score (nSPS) is 15.9. The molecule has 6 nitrogen and oxygen atoms in total. The molecule has 1 aromatic carbocycles. The van der Waals surface area contributed by atoms with Gasteiger partial charge in [-0.3, -0.25) is 9.52 Å². The van der Waals surface area contributed by atoms with Gasteiger partial charge >= 0.3 is 0 Å². The van der Waals surface area contributed by atoms with E-state index in [9.17, 15) is 13.2 Å². The number of nitrogens with one attached hydrogen (secondary N) is 1. The highest BCUT2D eigenvalue weighted by Gasteiger charge is 2.19. The molecule has 1 saturated heterocycles. The third kappa shape index (κ3) is 4.10. The minimum Gasteiger partial charge on any atom is -0.368 e. The lowest BCUT2D eigenvalue weighted by atomic mass is 10.2. The molecule has 1 N–H and O–H groups in total. The Kier molecular flexibility index (Phi) is 4.72. The van der Waals surface area contributed by atoms with Crippen LogP contribution in [-0.4, -0.2) is 51.2 Å². The Morgan fingerprint density at radius 3 is 2.48 bits per heavy atom. The summed E-state index contributed by atoms with van der Waals surface area (Å²) in [6, 6.07) is 7.35. The van der Waals surface area contributed by atoms with Crippen molar-refractivity contribution < 1.29 is 13.2 Å². The van der Waals surface area contributed by atoms with Gasteiger partial charge in [0.2, 0.25) is 15.9 Å². The van der Waals surface area contributed by atoms with Crippen molar-refractivity contribution in [2.45, 2.75) is 13.8 Å². The first-order valence-electron chi connectivity index (χ1n) is 7.02. The average Bonchev–Trinajstić information content (AvgIpc) is 2.47. The van der Waals surface area contributed by atoms with Gasteiger partial charge in [-0.05, 0) is 25.1 Å². The molecule has 0 aromatic heterocycles. The van der Waals surface area contributed by atoms with E-state index in [1.165, 1.54) is 0 Å². The van der Waals surface area contributed by atoms with E-state index < -0.39 is 10.0 Å². The lowest BCUT2D eigenvalue weighted by Crippen LogP contribution is -2.48. The van der Waals surface area contributed by atoms with E-state index in [4.69, 9.17) is 0 Å². The van der Waals surface area contributed by atoms with Crippen molar-refractivity contribution >= 4 is 27.3 Å². The molecule has 2 rings (SSSR count). The van der Waals surface area contributed by atoms with Gasteiger partial charge < -0.3 is 9.80 Å². The minimum absolute atomic E-state index is 0.0501. The highest BCUT2D eigenvalue weighted by Crippen LogP contribution is 2.21. The monoisotopic (exact) mass is 311 g/mol. The summed E-state index contributed by atoms with van der Waals surface area (Å²) in [6.45, 7) is 6.08. The van der Waals surface area contributed by atoms with Crippen molar-refractivity contribution in [3.8, 4) is 0 Å². The highest BCUT2D eigenvalue weighted by atomic mass is 32.2. The Bertz CT molecular complexity index is 608. The molecule has 7 heteroatoms. The Balaban J connectivity index is 2.07. The summed E-state index contributed by atoms with van der Waals surface area (Å²) in [4.78, 5) is 15.3. The van der Waals surface area contributed by atoms with E-state index in [0.717, 1.165) is 18.8 Å². The summed E-state index contributed by atoms with van der Waals surface area (Å²) in [5.74, 6) is 0.147. The number of piperazine rings is 1. The van der Waals surface area contributed by atoms with E-state index in [0.29, 0.717) is 18.8 Å². The molecule has 0 radical (unpaired) electrons. The molecule has 1 heterocycles. The Labute approximate surface area is 125 Å². The summed E-state index contributed by atoms with van der Waals surface area (Å²) < 4.78 is 25.8. The summed E-state index contributed by atoms with van der Waals surface area (Å²) in [5.41, 5.74) is 1.54. The van der Waals surface area contributed by atoms with Crippen molar-refractivity contribution in [2.75, 3.05) is 41.6 Å². The van der Waals surface area contributed by atoms with E-state index in [-0.39, 0.29) is 11.7 Å². The van der Waals surface area contributed by atoms with Gasteiger partial charge in [0, 0.05) is 38.8 Å². The van der Waals surface area contributed by atoms with E-state index in [2.05, 4.69) is 9.62 Å². The van der Waals surface area contributed by atoms with Crippen LogP contribution in [0.3, 0.4) is 0 Å². The molecule has 116 valence electrons. The Morgan fingerprint density at radius 1 is 1.24 bits per heavy atom. The molecule has 1 aromatic rings. The van der Waals surface area contributed by atoms with Gasteiger partial charge in [-0.15, -0.1) is 0 Å². The van der Waals surface area contributed by atoms with Crippen LogP contribution in [0.5, 0.6) is 0 Å². The Hall–Kier alpha value is -1.76. The lowest BCUT2D eigenvalue weighted by molar-refractivity contribution is -0.129. The molecule has 0 unspecified atom stereocenters. The number of rotatable bonds is 4. The molecule has 21 heavy (non-hydrogen) atoms. The number of nitrogens with zero attached hydrogens (tertiary/aromatic N) is 2. The molecule has 0 spiro atoms. The maximum Gasteiger partial charge on any atom is 0.232 e. The van der Waals surface area contributed by atoms with Crippen LogP contribution in [0.25, 0.3) is 0 Å². The van der Waals surface area contributed by atoms with Crippen LogP contribution in [0.1, 0.15) is 13.8 Å². The maximum atomic E-state index is 11.6. The van der Waals surface area contributed by atoms with E-state index in [1.54, 1.807) is 19.9 Å². The smallest absolute Gasteiger partial charge is 0.232 e. The standard InChI is InChI=1S/C14H21N3O3S/c1-3-21(19,20)15-13-5-4-6-14(11-13)17-9-7-16(8-10-17)12(2)18/h4-6,11,15H,3,7-10H2,1-2H3. The van der Waals surface area contributed by atoms with Crippen LogP contribution >= 0.6 is 0 Å². The van der Waals surface area contributed by atoms with Crippen molar-refractivity contribution in [3.63, 3.8) is 0 Å². The predicted octanol–water partition coefficient (Wildman–Crippen LogP) is 1.12. The highest BCUT2D eigenvalue weighted by molar-refractivity contribution is 7.92. The van der Waals surface area contributed by atoms with Gasteiger partial charge in [0.15, 0.2) is 0 Å². The van der Waals surface area contributed by atoms with Gasteiger partial charge in [-0.2, -0.15) is 0 Å². The second-order valence-electron chi connectivity index (χ2n) is 5.05. The summed E-state index contributed by atoms with van der Waals surface area (Å²) >= 11 is 0. The molecule has 1 fully saturated rings. The first kappa shape index (κ1) is 15.6. The summed E-state index contributed by atoms with van der Waals surface area (Å²) in [5, 5.41) is 0. The zero-order valence-corrected chi connectivity index (χ0v) is 13.2. The topological polar surface area (TPSA) is 69.7 Å². The zero-order valence-electron chi connectivity index (χ0n) is 12.4. The Morgan fingerprint density at radius 2 is 1.90 bits per heavy atom. The molecule has 0 bridgehead atoms. The minimum atomic E-state index is -3.26. The molecule has 1 amide bonds. The molecular weight excluding hydrogens is 290 g/mol. The van der Waals surface area contributed by atoms with Crippen molar-refractivity contribution in [2.24, 2.45) is 0 Å². The van der Waals surface area contributed by atoms with Gasteiger partial charge in [0.25, 0.3) is 0 Å². The third-order valence-corrected chi connectivity index (χ3v) is 4.90. The number of anilines is 2. The molecular formula is C14H21N3O3S. The number of carbonyl (C=O) groups excluding carboxylic acids is 1. The SMILES string of the molecule is CCS(=O)(=O)Nc1cccc(N2CCN(C(C)=O)CC2)c1. The average molecular weight is 311 g/mol. The van der Waals surface area contributed by atoms with Crippen LogP contribution in [0.4, 0.5) is 11.4 Å². The fourth-order valence-electron chi connectivity index (χ4n) is 2.30. The van der Waals surface area contributed by atoms with Gasteiger partial charge in [0.1, 0.15) is 0 Å². The van der Waals surface area contributed by atoms with Crippen molar-refractivity contribution in [1.82, 2.24) is 4.90 Å². The molecule has 0 aliphatic carbocycles. The number of benzene rings is 1. The third-order valence-electron chi connectivity index (χ3n) is 3.59. The molecule has 0 saturated carbocycles. The second kappa shape index (κ2) is 6.34. The van der Waals surface area contributed by atoms with Gasteiger partial charge in [-0.25, -0.2) is 8.42 Å². The lowest BCUT2D eigenvalue weighted by Gasteiger charge is -2.35. The molecule has 0 atom stereocenters. The number of sulfonamides is 1. The van der Waals surface area contributed by atoms with Gasteiger partial charge in [-0.1, -0.05) is 6.07 Å². The number of hydrogen-bond acceptors (Lipinski definition) is 4. The number of carbonyl (C=O) groups is 1. The zero-order chi connectivity index (χ0) is 15.5. The summed E-state index contributed by atoms with van der Waals surface area (Å²) in [7, 11) is -3.26. The maximum absolute atomic E-state index is 11.6. The largest absolute Gasteiger partial charge is 0.368 e. The first-order valence-corrected chi connectivity index (χ1v) is 8.67. The second-order valence-corrected chi connectivity index (χ2v) is 7.06. The number of hydrogen-bond donors (Lipinski definition) is 1. The van der Waals surface area contributed by atoms with Crippen LogP contribution in [0, 0.1) is 0 Å². The van der Waals surface area contributed by atoms with Crippen LogP contribution in [0.2, 0.25) is 0 Å². The number of amides is 1. The van der Waals surface area contributed by atoms with Crippen LogP contribution in [-0.2, 0) is 14.8 Å². The van der Waals surface area contributed by atoms with E-state index >= 15 is 0 Å². The summed E-state index contributed by atoms with van der Waals surface area (Å²) in [6.07, 6.45) is 0. The van der Waals surface area contributed by atoms with Crippen LogP contribution < -0.4 is 9.62 Å². The fraction of sp³-hybridized carbons (Fsp3) is 0.500.